The Labute approximate surface area is 112 Å². The number of hydrogen-bond acceptors (Lipinski definition) is 5. The summed E-state index contributed by atoms with van der Waals surface area (Å²) in [5.74, 6) is 0. The zero-order chi connectivity index (χ0) is 13.2. The molecule has 1 aromatic heterocycles. The summed E-state index contributed by atoms with van der Waals surface area (Å²) < 4.78 is 26.8. The van der Waals surface area contributed by atoms with Gasteiger partial charge < -0.3 is 5.32 Å². The monoisotopic (exact) mass is 289 g/mol. The molecular weight excluding hydrogens is 270 g/mol. The molecule has 0 aliphatic heterocycles. The van der Waals surface area contributed by atoms with E-state index in [2.05, 4.69) is 15.0 Å². The standard InChI is InChI=1S/C11H19N3O2S2/c1-8(12-2)10-7-17-11(13-10)14-18(15,16)9-5-3-4-6-9/h7-9,12H,3-6H2,1-2H3,(H,13,14). The lowest BCUT2D eigenvalue weighted by atomic mass is 10.3. The Balaban J connectivity index is 2.07. The molecule has 1 aliphatic rings. The smallest absolute Gasteiger partial charge is 0.237 e. The zero-order valence-electron chi connectivity index (χ0n) is 10.6. The highest BCUT2D eigenvalue weighted by Crippen LogP contribution is 2.28. The van der Waals surface area contributed by atoms with E-state index in [1.807, 2.05) is 19.4 Å². The highest BCUT2D eigenvalue weighted by atomic mass is 32.2. The molecule has 102 valence electrons. The van der Waals surface area contributed by atoms with Crippen molar-refractivity contribution in [3.05, 3.63) is 11.1 Å². The molecule has 0 saturated heterocycles. The van der Waals surface area contributed by atoms with Crippen LogP contribution in [0, 0.1) is 0 Å². The molecule has 0 aromatic carbocycles. The Hall–Kier alpha value is -0.660. The molecule has 5 nitrogen and oxygen atoms in total. The van der Waals surface area contributed by atoms with Crippen molar-refractivity contribution in [2.24, 2.45) is 0 Å². The molecule has 1 unspecified atom stereocenters. The van der Waals surface area contributed by atoms with Gasteiger partial charge in [-0.2, -0.15) is 0 Å². The van der Waals surface area contributed by atoms with Crippen molar-refractivity contribution in [1.82, 2.24) is 10.3 Å². The molecule has 0 spiro atoms. The van der Waals surface area contributed by atoms with E-state index in [1.165, 1.54) is 11.3 Å². The van der Waals surface area contributed by atoms with Crippen molar-refractivity contribution >= 4 is 26.5 Å². The van der Waals surface area contributed by atoms with Gasteiger partial charge in [-0.15, -0.1) is 11.3 Å². The van der Waals surface area contributed by atoms with Crippen LogP contribution in [-0.2, 0) is 10.0 Å². The molecule has 1 aliphatic carbocycles. The van der Waals surface area contributed by atoms with Crippen LogP contribution in [0.15, 0.2) is 5.38 Å². The summed E-state index contributed by atoms with van der Waals surface area (Å²) in [6, 6.07) is 0.131. The summed E-state index contributed by atoms with van der Waals surface area (Å²) in [5, 5.41) is 5.19. The fourth-order valence-electron chi connectivity index (χ4n) is 2.08. The Morgan fingerprint density at radius 3 is 2.72 bits per heavy atom. The van der Waals surface area contributed by atoms with Crippen LogP contribution in [0.1, 0.15) is 44.3 Å². The van der Waals surface area contributed by atoms with Crippen LogP contribution in [0.4, 0.5) is 5.13 Å². The number of aromatic nitrogens is 1. The van der Waals surface area contributed by atoms with Crippen LogP contribution in [0.5, 0.6) is 0 Å². The van der Waals surface area contributed by atoms with Gasteiger partial charge in [0.1, 0.15) is 0 Å². The minimum Gasteiger partial charge on any atom is -0.312 e. The van der Waals surface area contributed by atoms with Crippen LogP contribution < -0.4 is 10.0 Å². The van der Waals surface area contributed by atoms with E-state index in [9.17, 15) is 8.42 Å². The van der Waals surface area contributed by atoms with E-state index < -0.39 is 10.0 Å². The molecule has 0 amide bonds. The minimum atomic E-state index is -3.25. The Morgan fingerprint density at radius 2 is 2.11 bits per heavy atom. The Kier molecular flexibility index (Phi) is 4.24. The van der Waals surface area contributed by atoms with Gasteiger partial charge in [0.05, 0.1) is 10.9 Å². The largest absolute Gasteiger partial charge is 0.312 e. The molecule has 7 heteroatoms. The molecule has 1 fully saturated rings. The van der Waals surface area contributed by atoms with Gasteiger partial charge in [0.15, 0.2) is 5.13 Å². The third-order valence-electron chi connectivity index (χ3n) is 3.37. The van der Waals surface area contributed by atoms with Gasteiger partial charge in [0.25, 0.3) is 0 Å². The summed E-state index contributed by atoms with van der Waals surface area (Å²) in [6.07, 6.45) is 3.54. The zero-order valence-corrected chi connectivity index (χ0v) is 12.3. The van der Waals surface area contributed by atoms with Crippen molar-refractivity contribution in [2.75, 3.05) is 11.8 Å². The summed E-state index contributed by atoms with van der Waals surface area (Å²) in [5.41, 5.74) is 0.867. The van der Waals surface area contributed by atoms with Crippen LogP contribution >= 0.6 is 11.3 Å². The van der Waals surface area contributed by atoms with Gasteiger partial charge in [0.2, 0.25) is 10.0 Å². The number of anilines is 1. The lowest BCUT2D eigenvalue weighted by molar-refractivity contribution is 0.585. The number of nitrogens with one attached hydrogen (secondary N) is 2. The van der Waals surface area contributed by atoms with E-state index in [0.717, 1.165) is 31.4 Å². The van der Waals surface area contributed by atoms with E-state index in [0.29, 0.717) is 5.13 Å². The molecule has 2 N–H and O–H groups in total. The Morgan fingerprint density at radius 1 is 1.44 bits per heavy atom. The van der Waals surface area contributed by atoms with E-state index in [4.69, 9.17) is 0 Å². The van der Waals surface area contributed by atoms with Crippen LogP contribution in [0.2, 0.25) is 0 Å². The summed E-state index contributed by atoms with van der Waals surface area (Å²) >= 11 is 1.34. The number of thiazole rings is 1. The summed E-state index contributed by atoms with van der Waals surface area (Å²) in [4.78, 5) is 4.30. The molecule has 1 saturated carbocycles. The van der Waals surface area contributed by atoms with Gasteiger partial charge in [-0.1, -0.05) is 12.8 Å². The molecular formula is C11H19N3O2S2. The predicted octanol–water partition coefficient (Wildman–Crippen LogP) is 2.11. The second-order valence-corrected chi connectivity index (χ2v) is 7.46. The fourth-order valence-corrected chi connectivity index (χ4v) is 4.68. The van der Waals surface area contributed by atoms with Crippen molar-refractivity contribution < 1.29 is 8.42 Å². The molecule has 0 bridgehead atoms. The second kappa shape index (κ2) is 5.54. The summed E-state index contributed by atoms with van der Waals surface area (Å²) in [6.45, 7) is 1.99. The first kappa shape index (κ1) is 13.8. The van der Waals surface area contributed by atoms with E-state index >= 15 is 0 Å². The molecule has 2 rings (SSSR count). The maximum atomic E-state index is 12.1. The van der Waals surface area contributed by atoms with Crippen LogP contribution in [0.25, 0.3) is 0 Å². The van der Waals surface area contributed by atoms with Crippen molar-refractivity contribution in [2.45, 2.75) is 43.9 Å². The molecule has 1 aromatic rings. The maximum absolute atomic E-state index is 12.1. The third-order valence-corrected chi connectivity index (χ3v) is 6.10. The maximum Gasteiger partial charge on any atom is 0.237 e. The lowest BCUT2D eigenvalue weighted by Gasteiger charge is -2.11. The molecule has 18 heavy (non-hydrogen) atoms. The van der Waals surface area contributed by atoms with Crippen molar-refractivity contribution in [1.29, 1.82) is 0 Å². The average molecular weight is 289 g/mol. The summed E-state index contributed by atoms with van der Waals surface area (Å²) in [7, 11) is -1.40. The highest BCUT2D eigenvalue weighted by molar-refractivity contribution is 7.93. The van der Waals surface area contributed by atoms with Gasteiger partial charge in [-0.05, 0) is 26.8 Å². The topological polar surface area (TPSA) is 71.1 Å². The number of hydrogen-bond donors (Lipinski definition) is 2. The first-order valence-electron chi connectivity index (χ1n) is 6.17. The number of rotatable bonds is 5. The van der Waals surface area contributed by atoms with Gasteiger partial charge in [0, 0.05) is 11.4 Å². The van der Waals surface area contributed by atoms with E-state index in [-0.39, 0.29) is 11.3 Å². The Bertz CT molecular complexity index is 492. The van der Waals surface area contributed by atoms with Crippen LogP contribution in [-0.4, -0.2) is 25.7 Å². The normalized spacial score (nSPS) is 19.0. The second-order valence-electron chi connectivity index (χ2n) is 4.64. The first-order chi connectivity index (χ1) is 8.53. The molecule has 1 heterocycles. The van der Waals surface area contributed by atoms with Crippen LogP contribution in [0.3, 0.4) is 0 Å². The first-order valence-corrected chi connectivity index (χ1v) is 8.60. The lowest BCUT2D eigenvalue weighted by Crippen LogP contribution is -2.25. The number of nitrogens with zero attached hydrogens (tertiary/aromatic N) is 1. The highest BCUT2D eigenvalue weighted by Gasteiger charge is 2.29. The number of sulfonamides is 1. The predicted molar refractivity (Wildman–Crippen MR) is 74.4 cm³/mol. The van der Waals surface area contributed by atoms with Crippen molar-refractivity contribution in [3.8, 4) is 0 Å². The van der Waals surface area contributed by atoms with Gasteiger partial charge >= 0.3 is 0 Å². The van der Waals surface area contributed by atoms with E-state index in [1.54, 1.807) is 0 Å². The van der Waals surface area contributed by atoms with Gasteiger partial charge in [-0.25, -0.2) is 13.4 Å². The quantitative estimate of drug-likeness (QED) is 0.871. The molecule has 1 atom stereocenters. The average Bonchev–Trinajstić information content (AvgIpc) is 2.97. The van der Waals surface area contributed by atoms with Gasteiger partial charge in [-0.3, -0.25) is 4.72 Å². The van der Waals surface area contributed by atoms with Crippen molar-refractivity contribution in [3.63, 3.8) is 0 Å². The third kappa shape index (κ3) is 3.02. The SMILES string of the molecule is CNC(C)c1csc(NS(=O)(=O)C2CCCC2)n1. The minimum absolute atomic E-state index is 0.131. The molecule has 0 radical (unpaired) electrons. The fraction of sp³-hybridized carbons (Fsp3) is 0.727.